The number of rotatable bonds is 6. The molecule has 20 heavy (non-hydrogen) atoms. The number of fused-ring (bicyclic) bond motifs is 1. The van der Waals surface area contributed by atoms with Crippen LogP contribution in [0.25, 0.3) is 10.9 Å². The average molecular weight is 273 g/mol. The zero-order valence-electron chi connectivity index (χ0n) is 11.8. The fourth-order valence-corrected chi connectivity index (χ4v) is 2.28. The van der Waals surface area contributed by atoms with Gasteiger partial charge in [0.1, 0.15) is 5.52 Å². The van der Waals surface area contributed by atoms with E-state index in [0.29, 0.717) is 16.9 Å². The van der Waals surface area contributed by atoms with Gasteiger partial charge in [-0.1, -0.05) is 19.8 Å². The molecule has 0 bridgehead atoms. The number of hydrogen-bond donors (Lipinski definition) is 1. The molecule has 1 heterocycles. The van der Waals surface area contributed by atoms with E-state index in [4.69, 9.17) is 0 Å². The first-order valence-electron chi connectivity index (χ1n) is 6.92. The predicted octanol–water partition coefficient (Wildman–Crippen LogP) is 4.13. The van der Waals surface area contributed by atoms with E-state index in [9.17, 15) is 10.1 Å². The Bertz CT molecular complexity index is 613. The monoisotopic (exact) mass is 273 g/mol. The van der Waals surface area contributed by atoms with Crippen LogP contribution in [0.3, 0.4) is 0 Å². The average Bonchev–Trinajstić information content (AvgIpc) is 2.45. The first-order chi connectivity index (χ1) is 9.63. The molecule has 0 aliphatic carbocycles. The van der Waals surface area contributed by atoms with Crippen LogP contribution in [0.4, 0.5) is 11.4 Å². The summed E-state index contributed by atoms with van der Waals surface area (Å²) < 4.78 is 0. The third-order valence-corrected chi connectivity index (χ3v) is 3.34. The quantitative estimate of drug-likeness (QED) is 0.634. The third kappa shape index (κ3) is 3.04. The van der Waals surface area contributed by atoms with Crippen LogP contribution in [-0.4, -0.2) is 15.9 Å². The lowest BCUT2D eigenvalue weighted by atomic mass is 10.1. The van der Waals surface area contributed by atoms with Crippen LogP contribution in [0.1, 0.15) is 33.1 Å². The van der Waals surface area contributed by atoms with Crippen molar-refractivity contribution in [2.75, 3.05) is 5.32 Å². The van der Waals surface area contributed by atoms with Crippen molar-refractivity contribution in [3.8, 4) is 0 Å². The number of non-ortho nitro benzene ring substituents is 1. The van der Waals surface area contributed by atoms with Gasteiger partial charge in [0.05, 0.1) is 16.0 Å². The summed E-state index contributed by atoms with van der Waals surface area (Å²) in [5, 5.41) is 15.0. The van der Waals surface area contributed by atoms with Gasteiger partial charge in [-0.25, -0.2) is 0 Å². The van der Waals surface area contributed by atoms with E-state index < -0.39 is 0 Å². The smallest absolute Gasteiger partial charge is 0.278 e. The Kier molecular flexibility index (Phi) is 4.50. The van der Waals surface area contributed by atoms with Gasteiger partial charge in [-0.2, -0.15) is 0 Å². The molecule has 0 radical (unpaired) electrons. The van der Waals surface area contributed by atoms with Gasteiger partial charge in [0, 0.05) is 18.3 Å². The Labute approximate surface area is 118 Å². The predicted molar refractivity (Wildman–Crippen MR) is 81.0 cm³/mol. The van der Waals surface area contributed by atoms with Crippen LogP contribution in [0, 0.1) is 10.1 Å². The Balaban J connectivity index is 2.35. The summed E-state index contributed by atoms with van der Waals surface area (Å²) in [6.07, 6.45) is 5.05. The SMILES string of the molecule is CCCCC(C)Nc1ccc([N+](=O)[O-])c2cccnc12. The van der Waals surface area contributed by atoms with Crippen molar-refractivity contribution in [2.24, 2.45) is 0 Å². The number of pyridine rings is 1. The van der Waals surface area contributed by atoms with E-state index in [-0.39, 0.29) is 10.6 Å². The van der Waals surface area contributed by atoms with Gasteiger partial charge in [-0.05, 0) is 31.5 Å². The second-order valence-electron chi connectivity index (χ2n) is 4.98. The highest BCUT2D eigenvalue weighted by molar-refractivity contribution is 5.96. The van der Waals surface area contributed by atoms with Gasteiger partial charge in [-0.15, -0.1) is 0 Å². The van der Waals surface area contributed by atoms with Crippen LogP contribution in [-0.2, 0) is 0 Å². The molecule has 106 valence electrons. The van der Waals surface area contributed by atoms with Crippen LogP contribution < -0.4 is 5.32 Å². The Morgan fingerprint density at radius 2 is 2.20 bits per heavy atom. The van der Waals surface area contributed by atoms with E-state index in [0.717, 1.165) is 24.9 Å². The standard InChI is InChI=1S/C15H19N3O2/c1-3-4-6-11(2)17-13-8-9-14(18(19)20)12-7-5-10-16-15(12)13/h5,7-11,17H,3-4,6H2,1-2H3. The molecule has 1 aromatic carbocycles. The number of nitrogens with zero attached hydrogens (tertiary/aromatic N) is 2. The van der Waals surface area contributed by atoms with Crippen molar-refractivity contribution in [2.45, 2.75) is 39.2 Å². The van der Waals surface area contributed by atoms with Gasteiger partial charge in [0.15, 0.2) is 0 Å². The topological polar surface area (TPSA) is 68.1 Å². The van der Waals surface area contributed by atoms with E-state index in [1.54, 1.807) is 30.5 Å². The summed E-state index contributed by atoms with van der Waals surface area (Å²) in [5.41, 5.74) is 1.61. The second kappa shape index (κ2) is 6.32. The van der Waals surface area contributed by atoms with Crippen molar-refractivity contribution < 1.29 is 4.92 Å². The first-order valence-corrected chi connectivity index (χ1v) is 6.92. The minimum Gasteiger partial charge on any atom is -0.381 e. The number of benzene rings is 1. The van der Waals surface area contributed by atoms with E-state index in [1.165, 1.54) is 0 Å². The Morgan fingerprint density at radius 1 is 1.40 bits per heavy atom. The molecule has 1 atom stereocenters. The number of aromatic nitrogens is 1. The number of unbranched alkanes of at least 4 members (excludes halogenated alkanes) is 1. The summed E-state index contributed by atoms with van der Waals surface area (Å²) in [5.74, 6) is 0. The van der Waals surface area contributed by atoms with Gasteiger partial charge in [0.25, 0.3) is 5.69 Å². The van der Waals surface area contributed by atoms with Gasteiger partial charge in [-0.3, -0.25) is 15.1 Å². The van der Waals surface area contributed by atoms with Crippen molar-refractivity contribution in [3.63, 3.8) is 0 Å². The maximum Gasteiger partial charge on any atom is 0.278 e. The fraction of sp³-hybridized carbons (Fsp3) is 0.400. The number of nitrogens with one attached hydrogen (secondary N) is 1. The molecule has 2 aromatic rings. The molecule has 5 heteroatoms. The largest absolute Gasteiger partial charge is 0.381 e. The number of anilines is 1. The molecule has 0 fully saturated rings. The Hall–Kier alpha value is -2.17. The third-order valence-electron chi connectivity index (χ3n) is 3.34. The highest BCUT2D eigenvalue weighted by Crippen LogP contribution is 2.30. The highest BCUT2D eigenvalue weighted by Gasteiger charge is 2.15. The number of nitro benzene ring substituents is 1. The van der Waals surface area contributed by atoms with Crippen LogP contribution >= 0.6 is 0 Å². The zero-order valence-corrected chi connectivity index (χ0v) is 11.8. The molecule has 0 aliphatic heterocycles. The number of nitro groups is 1. The lowest BCUT2D eigenvalue weighted by Crippen LogP contribution is -2.15. The molecule has 1 N–H and O–H groups in total. The molecule has 0 amide bonds. The summed E-state index contributed by atoms with van der Waals surface area (Å²) in [7, 11) is 0. The molecular weight excluding hydrogens is 254 g/mol. The molecular formula is C15H19N3O2. The maximum absolute atomic E-state index is 11.0. The zero-order chi connectivity index (χ0) is 14.5. The fourth-order valence-electron chi connectivity index (χ4n) is 2.28. The lowest BCUT2D eigenvalue weighted by Gasteiger charge is -2.16. The lowest BCUT2D eigenvalue weighted by molar-refractivity contribution is -0.383. The van der Waals surface area contributed by atoms with Crippen molar-refractivity contribution >= 4 is 22.3 Å². The minimum absolute atomic E-state index is 0.0971. The molecule has 5 nitrogen and oxygen atoms in total. The summed E-state index contributed by atoms with van der Waals surface area (Å²) >= 11 is 0. The van der Waals surface area contributed by atoms with E-state index >= 15 is 0 Å². The molecule has 2 rings (SSSR count). The summed E-state index contributed by atoms with van der Waals surface area (Å²) in [6, 6.07) is 7.07. The molecule has 1 aromatic heterocycles. The molecule has 0 saturated heterocycles. The molecule has 0 aliphatic rings. The van der Waals surface area contributed by atoms with Crippen molar-refractivity contribution in [1.29, 1.82) is 0 Å². The van der Waals surface area contributed by atoms with Gasteiger partial charge < -0.3 is 5.32 Å². The maximum atomic E-state index is 11.0. The van der Waals surface area contributed by atoms with E-state index in [2.05, 4.69) is 24.1 Å². The minimum atomic E-state index is -0.367. The van der Waals surface area contributed by atoms with Crippen LogP contribution in [0.2, 0.25) is 0 Å². The van der Waals surface area contributed by atoms with Crippen LogP contribution in [0.5, 0.6) is 0 Å². The summed E-state index contributed by atoms with van der Waals surface area (Å²) in [4.78, 5) is 15.0. The Morgan fingerprint density at radius 3 is 2.90 bits per heavy atom. The normalized spacial score (nSPS) is 12.3. The van der Waals surface area contributed by atoms with Crippen molar-refractivity contribution in [3.05, 3.63) is 40.6 Å². The first kappa shape index (κ1) is 14.2. The highest BCUT2D eigenvalue weighted by atomic mass is 16.6. The number of hydrogen-bond acceptors (Lipinski definition) is 4. The van der Waals surface area contributed by atoms with E-state index in [1.807, 2.05) is 0 Å². The van der Waals surface area contributed by atoms with Gasteiger partial charge in [0.2, 0.25) is 0 Å². The molecule has 1 unspecified atom stereocenters. The molecule has 0 spiro atoms. The van der Waals surface area contributed by atoms with Crippen molar-refractivity contribution in [1.82, 2.24) is 4.98 Å². The van der Waals surface area contributed by atoms with Gasteiger partial charge >= 0.3 is 0 Å². The van der Waals surface area contributed by atoms with Crippen LogP contribution in [0.15, 0.2) is 30.5 Å². The second-order valence-corrected chi connectivity index (χ2v) is 4.98. The molecule has 0 saturated carbocycles. The summed E-state index contributed by atoms with van der Waals surface area (Å²) in [6.45, 7) is 4.28.